The van der Waals surface area contributed by atoms with Gasteiger partial charge in [-0.15, -0.1) is 0 Å². The van der Waals surface area contributed by atoms with E-state index in [1.54, 1.807) is 29.3 Å². The highest BCUT2D eigenvalue weighted by atomic mass is 16.1. The lowest BCUT2D eigenvalue weighted by Crippen LogP contribution is -2.35. The molecule has 1 aliphatic heterocycles. The Morgan fingerprint density at radius 1 is 1.44 bits per heavy atom. The average Bonchev–Trinajstić information content (AvgIpc) is 2.43. The van der Waals surface area contributed by atoms with Crippen LogP contribution >= 0.6 is 0 Å². The van der Waals surface area contributed by atoms with Gasteiger partial charge in [-0.1, -0.05) is 0 Å². The summed E-state index contributed by atoms with van der Waals surface area (Å²) in [6, 6.07) is 1.76. The van der Waals surface area contributed by atoms with Gasteiger partial charge in [0, 0.05) is 24.3 Å². The molecule has 3 rings (SSSR count). The minimum absolute atomic E-state index is 0.0135. The highest BCUT2D eigenvalue weighted by Crippen LogP contribution is 2.12. The lowest BCUT2D eigenvalue weighted by atomic mass is 10.00. The van der Waals surface area contributed by atoms with Crippen molar-refractivity contribution in [2.45, 2.75) is 19.4 Å². The second-order valence-electron chi connectivity index (χ2n) is 4.81. The molecule has 0 aliphatic carbocycles. The number of piperidine rings is 1. The lowest BCUT2D eigenvalue weighted by Gasteiger charge is -2.22. The zero-order chi connectivity index (χ0) is 12.4. The largest absolute Gasteiger partial charge is 0.316 e. The molecule has 94 valence electrons. The lowest BCUT2D eigenvalue weighted by molar-refractivity contribution is 0.320. The number of fused-ring (bicyclic) bond motifs is 1. The summed E-state index contributed by atoms with van der Waals surface area (Å²) in [7, 11) is 0. The highest BCUT2D eigenvalue weighted by molar-refractivity contribution is 5.79. The van der Waals surface area contributed by atoms with Crippen molar-refractivity contribution in [2.75, 3.05) is 13.1 Å². The second kappa shape index (κ2) is 4.86. The van der Waals surface area contributed by atoms with Crippen molar-refractivity contribution in [2.24, 2.45) is 5.92 Å². The van der Waals surface area contributed by atoms with Crippen molar-refractivity contribution in [3.63, 3.8) is 0 Å². The zero-order valence-electron chi connectivity index (χ0n) is 10.2. The van der Waals surface area contributed by atoms with E-state index in [1.165, 1.54) is 6.42 Å². The van der Waals surface area contributed by atoms with Crippen LogP contribution in [0, 0.1) is 5.92 Å². The van der Waals surface area contributed by atoms with E-state index in [0.717, 1.165) is 24.9 Å². The van der Waals surface area contributed by atoms with Crippen LogP contribution in [0.4, 0.5) is 0 Å². The van der Waals surface area contributed by atoms with E-state index in [9.17, 15) is 4.79 Å². The predicted molar refractivity (Wildman–Crippen MR) is 69.4 cm³/mol. The fraction of sp³-hybridized carbons (Fsp3) is 0.462. The van der Waals surface area contributed by atoms with E-state index in [2.05, 4.69) is 15.4 Å². The Balaban J connectivity index is 1.92. The molecule has 5 nitrogen and oxygen atoms in total. The van der Waals surface area contributed by atoms with E-state index < -0.39 is 0 Å². The summed E-state index contributed by atoms with van der Waals surface area (Å²) in [6.07, 6.45) is 7.39. The third kappa shape index (κ3) is 2.13. The Kier molecular flexibility index (Phi) is 3.06. The van der Waals surface area contributed by atoms with Crippen LogP contribution in [0.5, 0.6) is 0 Å². The van der Waals surface area contributed by atoms with Crippen LogP contribution in [0.15, 0.2) is 29.5 Å². The summed E-state index contributed by atoms with van der Waals surface area (Å²) in [5.74, 6) is 0.503. The number of hydrogen-bond acceptors (Lipinski definition) is 4. The van der Waals surface area contributed by atoms with Gasteiger partial charge in [-0.25, -0.2) is 4.68 Å². The minimum Gasteiger partial charge on any atom is -0.316 e. The van der Waals surface area contributed by atoms with Gasteiger partial charge in [-0.05, 0) is 37.9 Å². The molecule has 18 heavy (non-hydrogen) atoms. The van der Waals surface area contributed by atoms with Crippen molar-refractivity contribution in [3.8, 4) is 0 Å². The predicted octanol–water partition coefficient (Wildman–Crippen LogP) is 0.791. The normalized spacial score (nSPS) is 20.1. The first-order valence-corrected chi connectivity index (χ1v) is 6.35. The van der Waals surface area contributed by atoms with Crippen LogP contribution in [0.2, 0.25) is 0 Å². The molecule has 0 amide bonds. The Labute approximate surface area is 105 Å². The summed E-state index contributed by atoms with van der Waals surface area (Å²) in [5.41, 5.74) is -0.0135. The number of nitrogens with one attached hydrogen (secondary N) is 1. The van der Waals surface area contributed by atoms with Crippen molar-refractivity contribution in [3.05, 3.63) is 35.0 Å². The van der Waals surface area contributed by atoms with Crippen molar-refractivity contribution >= 4 is 10.8 Å². The van der Waals surface area contributed by atoms with Gasteiger partial charge in [-0.3, -0.25) is 9.78 Å². The van der Waals surface area contributed by atoms with Crippen LogP contribution in [0.25, 0.3) is 10.8 Å². The molecule has 0 bridgehead atoms. The fourth-order valence-corrected chi connectivity index (χ4v) is 2.48. The van der Waals surface area contributed by atoms with Crippen molar-refractivity contribution in [1.82, 2.24) is 20.1 Å². The summed E-state index contributed by atoms with van der Waals surface area (Å²) in [4.78, 5) is 16.3. The Morgan fingerprint density at radius 2 is 2.39 bits per heavy atom. The molecule has 1 fully saturated rings. The van der Waals surface area contributed by atoms with Gasteiger partial charge in [0.15, 0.2) is 0 Å². The topological polar surface area (TPSA) is 59.8 Å². The number of aromatic nitrogens is 3. The summed E-state index contributed by atoms with van der Waals surface area (Å²) < 4.78 is 1.58. The Hall–Kier alpha value is -1.75. The summed E-state index contributed by atoms with van der Waals surface area (Å²) in [6.45, 7) is 2.76. The van der Waals surface area contributed by atoms with Gasteiger partial charge >= 0.3 is 0 Å². The van der Waals surface area contributed by atoms with Crippen molar-refractivity contribution in [1.29, 1.82) is 0 Å². The van der Waals surface area contributed by atoms with Gasteiger partial charge in [0.05, 0.1) is 11.6 Å². The number of hydrogen-bond donors (Lipinski definition) is 1. The maximum Gasteiger partial charge on any atom is 0.274 e. The Morgan fingerprint density at radius 3 is 3.22 bits per heavy atom. The van der Waals surface area contributed by atoms with Crippen LogP contribution in [0.3, 0.4) is 0 Å². The molecule has 0 saturated carbocycles. The maximum atomic E-state index is 12.3. The van der Waals surface area contributed by atoms with E-state index in [4.69, 9.17) is 0 Å². The number of nitrogens with zero attached hydrogens (tertiary/aromatic N) is 3. The molecular formula is C13H16N4O. The van der Waals surface area contributed by atoms with Crippen molar-refractivity contribution < 1.29 is 0 Å². The molecule has 1 N–H and O–H groups in total. The first kappa shape index (κ1) is 11.3. The van der Waals surface area contributed by atoms with Crippen LogP contribution < -0.4 is 10.9 Å². The van der Waals surface area contributed by atoms with E-state index in [-0.39, 0.29) is 5.56 Å². The van der Waals surface area contributed by atoms with Gasteiger partial charge in [-0.2, -0.15) is 5.10 Å². The fourth-order valence-electron chi connectivity index (χ4n) is 2.48. The minimum atomic E-state index is -0.0135. The molecule has 0 spiro atoms. The molecule has 1 atom stereocenters. The molecule has 1 aliphatic rings. The average molecular weight is 244 g/mol. The van der Waals surface area contributed by atoms with E-state index in [0.29, 0.717) is 17.8 Å². The van der Waals surface area contributed by atoms with E-state index >= 15 is 0 Å². The smallest absolute Gasteiger partial charge is 0.274 e. The van der Waals surface area contributed by atoms with Crippen LogP contribution in [-0.2, 0) is 6.54 Å². The first-order valence-electron chi connectivity index (χ1n) is 6.35. The molecule has 1 saturated heterocycles. The van der Waals surface area contributed by atoms with Crippen LogP contribution in [0.1, 0.15) is 12.8 Å². The maximum absolute atomic E-state index is 12.3. The molecule has 3 heterocycles. The van der Waals surface area contributed by atoms with Gasteiger partial charge in [0.2, 0.25) is 0 Å². The van der Waals surface area contributed by atoms with E-state index in [1.807, 2.05) is 0 Å². The van der Waals surface area contributed by atoms with Gasteiger partial charge in [0.25, 0.3) is 5.56 Å². The second-order valence-corrected chi connectivity index (χ2v) is 4.81. The van der Waals surface area contributed by atoms with Gasteiger partial charge in [0.1, 0.15) is 0 Å². The number of rotatable bonds is 2. The molecule has 5 heteroatoms. The third-order valence-electron chi connectivity index (χ3n) is 3.48. The summed E-state index contributed by atoms with van der Waals surface area (Å²) >= 11 is 0. The molecule has 1 unspecified atom stereocenters. The SMILES string of the molecule is O=c1c2ccncc2cnn1CC1CCCNC1. The quantitative estimate of drug-likeness (QED) is 0.848. The highest BCUT2D eigenvalue weighted by Gasteiger charge is 2.15. The first-order chi connectivity index (χ1) is 8.84. The third-order valence-corrected chi connectivity index (χ3v) is 3.48. The Bertz CT molecular complexity index is 601. The standard InChI is InChI=1S/C13H16N4O/c18-13-12-3-5-15-7-11(12)8-16-17(13)9-10-2-1-4-14-6-10/h3,5,7-8,10,14H,1-2,4,6,9H2. The van der Waals surface area contributed by atoms with Crippen LogP contribution in [-0.4, -0.2) is 27.9 Å². The molecule has 0 aromatic carbocycles. The molecule has 2 aromatic rings. The van der Waals surface area contributed by atoms with Gasteiger partial charge < -0.3 is 5.32 Å². The molecular weight excluding hydrogens is 228 g/mol. The summed E-state index contributed by atoms with van der Waals surface area (Å²) in [5, 5.41) is 9.10. The number of pyridine rings is 1. The monoisotopic (exact) mass is 244 g/mol. The molecule has 2 aromatic heterocycles. The zero-order valence-corrected chi connectivity index (χ0v) is 10.2. The molecule has 0 radical (unpaired) electrons.